The van der Waals surface area contributed by atoms with E-state index < -0.39 is 11.4 Å². The maximum absolute atomic E-state index is 11.3. The van der Waals surface area contributed by atoms with Crippen LogP contribution in [0.3, 0.4) is 0 Å². The van der Waals surface area contributed by atoms with Crippen molar-refractivity contribution in [2.45, 2.75) is 39.5 Å². The highest BCUT2D eigenvalue weighted by atomic mass is 16.4. The second-order valence-corrected chi connectivity index (χ2v) is 6.07. The van der Waals surface area contributed by atoms with E-state index in [1.165, 1.54) is 11.3 Å². The molecule has 1 aliphatic heterocycles. The van der Waals surface area contributed by atoms with Gasteiger partial charge in [-0.25, -0.2) is 0 Å². The van der Waals surface area contributed by atoms with Crippen LogP contribution in [0.1, 0.15) is 45.1 Å². The van der Waals surface area contributed by atoms with Gasteiger partial charge >= 0.3 is 5.97 Å². The molecule has 1 aliphatic rings. The van der Waals surface area contributed by atoms with Gasteiger partial charge in [-0.05, 0) is 37.3 Å². The van der Waals surface area contributed by atoms with E-state index in [1.54, 1.807) is 0 Å². The fourth-order valence-corrected chi connectivity index (χ4v) is 2.72. The summed E-state index contributed by atoms with van der Waals surface area (Å²) < 4.78 is 0. The lowest BCUT2D eigenvalue weighted by Crippen LogP contribution is -2.43. The largest absolute Gasteiger partial charge is 0.481 e. The summed E-state index contributed by atoms with van der Waals surface area (Å²) >= 11 is 0. The van der Waals surface area contributed by atoms with Crippen LogP contribution in [0.4, 0.5) is 5.69 Å². The Kier molecular flexibility index (Phi) is 3.83. The van der Waals surface area contributed by atoms with Crippen molar-refractivity contribution in [1.29, 1.82) is 0 Å². The number of para-hydroxylation sites is 1. The number of carboxylic acids is 1. The maximum atomic E-state index is 11.3. The number of benzene rings is 1. The van der Waals surface area contributed by atoms with Gasteiger partial charge in [0, 0.05) is 18.8 Å². The zero-order chi connectivity index (χ0) is 14.0. The van der Waals surface area contributed by atoms with Crippen molar-refractivity contribution in [2.75, 3.05) is 18.0 Å². The first kappa shape index (κ1) is 13.9. The number of anilines is 1. The van der Waals surface area contributed by atoms with Crippen molar-refractivity contribution < 1.29 is 9.90 Å². The molecule has 0 saturated carbocycles. The Labute approximate surface area is 115 Å². The van der Waals surface area contributed by atoms with Crippen LogP contribution in [0.25, 0.3) is 0 Å². The lowest BCUT2D eigenvalue weighted by atomic mass is 9.80. The van der Waals surface area contributed by atoms with Crippen LogP contribution >= 0.6 is 0 Å². The Morgan fingerprint density at radius 2 is 1.84 bits per heavy atom. The van der Waals surface area contributed by atoms with E-state index in [0.29, 0.717) is 5.92 Å². The van der Waals surface area contributed by atoms with E-state index in [1.807, 2.05) is 6.92 Å². The van der Waals surface area contributed by atoms with Gasteiger partial charge in [-0.1, -0.05) is 32.0 Å². The Morgan fingerprint density at radius 3 is 2.37 bits per heavy atom. The van der Waals surface area contributed by atoms with Gasteiger partial charge in [0.05, 0.1) is 5.41 Å². The average molecular weight is 261 g/mol. The van der Waals surface area contributed by atoms with Crippen LogP contribution in [0.5, 0.6) is 0 Å². The van der Waals surface area contributed by atoms with Crippen LogP contribution in [0.15, 0.2) is 24.3 Å². The fraction of sp³-hybridized carbons (Fsp3) is 0.562. The van der Waals surface area contributed by atoms with Gasteiger partial charge in [-0.2, -0.15) is 0 Å². The molecule has 0 radical (unpaired) electrons. The van der Waals surface area contributed by atoms with E-state index in [0.717, 1.165) is 25.9 Å². The number of piperidine rings is 1. The summed E-state index contributed by atoms with van der Waals surface area (Å²) in [6, 6.07) is 8.46. The number of carbonyl (C=O) groups is 1. The van der Waals surface area contributed by atoms with E-state index in [4.69, 9.17) is 0 Å². The first-order chi connectivity index (χ1) is 8.94. The van der Waals surface area contributed by atoms with Gasteiger partial charge in [-0.15, -0.1) is 0 Å². The molecule has 3 heteroatoms. The zero-order valence-corrected chi connectivity index (χ0v) is 12.0. The molecule has 1 aromatic rings. The Balaban J connectivity index is 2.16. The van der Waals surface area contributed by atoms with Crippen molar-refractivity contribution in [3.8, 4) is 0 Å². The second kappa shape index (κ2) is 5.24. The third kappa shape index (κ3) is 2.75. The number of rotatable bonds is 3. The molecular weight excluding hydrogens is 238 g/mol. The SMILES string of the molecule is CC(C)c1ccccc1N1CCC(C)(C(=O)O)CC1. The predicted molar refractivity (Wildman–Crippen MR) is 77.7 cm³/mol. The minimum atomic E-state index is -0.663. The molecule has 19 heavy (non-hydrogen) atoms. The number of nitrogens with zero attached hydrogens (tertiary/aromatic N) is 1. The molecule has 0 spiro atoms. The molecule has 0 aliphatic carbocycles. The van der Waals surface area contributed by atoms with Crippen molar-refractivity contribution >= 4 is 11.7 Å². The number of hydrogen-bond donors (Lipinski definition) is 1. The highest BCUT2D eigenvalue weighted by Gasteiger charge is 2.37. The summed E-state index contributed by atoms with van der Waals surface area (Å²) in [5.74, 6) is -0.173. The third-order valence-corrected chi connectivity index (χ3v) is 4.28. The van der Waals surface area contributed by atoms with Gasteiger partial charge < -0.3 is 10.0 Å². The molecule has 3 nitrogen and oxygen atoms in total. The molecule has 0 atom stereocenters. The molecule has 104 valence electrons. The van der Waals surface area contributed by atoms with Crippen molar-refractivity contribution in [2.24, 2.45) is 5.41 Å². The van der Waals surface area contributed by atoms with Crippen LogP contribution in [0.2, 0.25) is 0 Å². The standard InChI is InChI=1S/C16H23NO2/c1-12(2)13-6-4-5-7-14(13)17-10-8-16(3,9-11-17)15(18)19/h4-7,12H,8-11H2,1-3H3,(H,18,19). The maximum Gasteiger partial charge on any atom is 0.309 e. The molecule has 1 N–H and O–H groups in total. The molecule has 0 amide bonds. The lowest BCUT2D eigenvalue weighted by molar-refractivity contribution is -0.149. The highest BCUT2D eigenvalue weighted by Crippen LogP contribution is 2.35. The normalized spacial score (nSPS) is 18.6. The fourth-order valence-electron chi connectivity index (χ4n) is 2.72. The third-order valence-electron chi connectivity index (χ3n) is 4.28. The van der Waals surface area contributed by atoms with Gasteiger partial charge in [0.15, 0.2) is 0 Å². The molecule has 0 bridgehead atoms. The Bertz CT molecular complexity index is 460. The van der Waals surface area contributed by atoms with Gasteiger partial charge in [-0.3, -0.25) is 4.79 Å². The molecule has 1 saturated heterocycles. The Hall–Kier alpha value is -1.51. The van der Waals surface area contributed by atoms with Crippen LogP contribution in [-0.4, -0.2) is 24.2 Å². The predicted octanol–water partition coefficient (Wildman–Crippen LogP) is 3.50. The quantitative estimate of drug-likeness (QED) is 0.905. The minimum absolute atomic E-state index is 0.490. The molecule has 2 rings (SSSR count). The van der Waals surface area contributed by atoms with Crippen LogP contribution < -0.4 is 4.90 Å². The number of hydrogen-bond acceptors (Lipinski definition) is 2. The summed E-state index contributed by atoms with van der Waals surface area (Å²) in [5.41, 5.74) is 2.06. The van der Waals surface area contributed by atoms with Crippen molar-refractivity contribution in [3.05, 3.63) is 29.8 Å². The minimum Gasteiger partial charge on any atom is -0.481 e. The van der Waals surface area contributed by atoms with Gasteiger partial charge in [0.25, 0.3) is 0 Å². The zero-order valence-electron chi connectivity index (χ0n) is 12.0. The summed E-state index contributed by atoms with van der Waals surface area (Å²) in [5, 5.41) is 9.28. The molecular formula is C16H23NO2. The van der Waals surface area contributed by atoms with Crippen molar-refractivity contribution in [1.82, 2.24) is 0 Å². The van der Waals surface area contributed by atoms with Gasteiger partial charge in [0.2, 0.25) is 0 Å². The number of carboxylic acid groups (broad SMARTS) is 1. The molecule has 1 heterocycles. The van der Waals surface area contributed by atoms with E-state index in [2.05, 4.69) is 43.0 Å². The first-order valence-electron chi connectivity index (χ1n) is 7.01. The van der Waals surface area contributed by atoms with Crippen LogP contribution in [0, 0.1) is 5.41 Å². The van der Waals surface area contributed by atoms with E-state index >= 15 is 0 Å². The summed E-state index contributed by atoms with van der Waals surface area (Å²) in [4.78, 5) is 13.6. The Morgan fingerprint density at radius 1 is 1.26 bits per heavy atom. The van der Waals surface area contributed by atoms with E-state index in [9.17, 15) is 9.90 Å². The lowest BCUT2D eigenvalue weighted by Gasteiger charge is -2.38. The topological polar surface area (TPSA) is 40.5 Å². The smallest absolute Gasteiger partial charge is 0.309 e. The molecule has 0 aromatic heterocycles. The second-order valence-electron chi connectivity index (χ2n) is 6.07. The monoisotopic (exact) mass is 261 g/mol. The average Bonchev–Trinajstić information content (AvgIpc) is 2.39. The van der Waals surface area contributed by atoms with Crippen LogP contribution in [-0.2, 0) is 4.79 Å². The summed E-state index contributed by atoms with van der Waals surface area (Å²) in [7, 11) is 0. The number of aliphatic carboxylic acids is 1. The molecule has 0 unspecified atom stereocenters. The van der Waals surface area contributed by atoms with Crippen molar-refractivity contribution in [3.63, 3.8) is 0 Å². The molecule has 1 aromatic carbocycles. The summed E-state index contributed by atoms with van der Waals surface area (Å²) in [6.45, 7) is 7.91. The highest BCUT2D eigenvalue weighted by molar-refractivity contribution is 5.74. The van der Waals surface area contributed by atoms with Gasteiger partial charge in [0.1, 0.15) is 0 Å². The first-order valence-corrected chi connectivity index (χ1v) is 7.01. The molecule has 1 fully saturated rings. The van der Waals surface area contributed by atoms with E-state index in [-0.39, 0.29) is 0 Å². The summed E-state index contributed by atoms with van der Waals surface area (Å²) in [6.07, 6.45) is 1.43.